The van der Waals surface area contributed by atoms with E-state index in [1.54, 1.807) is 6.20 Å². The lowest BCUT2D eigenvalue weighted by Crippen LogP contribution is -1.97. The number of ether oxygens (including phenoxy) is 1. The summed E-state index contributed by atoms with van der Waals surface area (Å²) in [7, 11) is 0. The molecule has 0 aliphatic rings. The molecule has 0 fully saturated rings. The smallest absolute Gasteiger partial charge is 0.200 e. The molecule has 26 heavy (non-hydrogen) atoms. The number of hydrogen-bond acceptors (Lipinski definition) is 7. The van der Waals surface area contributed by atoms with Crippen molar-refractivity contribution < 1.29 is 4.74 Å². The first-order valence-electron chi connectivity index (χ1n) is 9.22. The molecule has 3 rings (SSSR count). The lowest BCUT2D eigenvalue weighted by Gasteiger charge is -1.98. The van der Waals surface area contributed by atoms with Gasteiger partial charge in [0.1, 0.15) is 0 Å². The molecule has 9 heteroatoms. The van der Waals surface area contributed by atoms with E-state index in [0.29, 0.717) is 17.4 Å². The highest BCUT2D eigenvalue weighted by molar-refractivity contribution is 7.10. The fraction of sp³-hybridized carbons (Fsp3) is 0.588. The van der Waals surface area contributed by atoms with E-state index >= 15 is 0 Å². The van der Waals surface area contributed by atoms with Crippen molar-refractivity contribution in [3.05, 3.63) is 17.7 Å². The van der Waals surface area contributed by atoms with Crippen LogP contribution in [0.5, 0.6) is 5.75 Å². The molecular weight excluding hydrogens is 350 g/mol. The molecule has 8 nitrogen and oxygen atoms in total. The van der Waals surface area contributed by atoms with Gasteiger partial charge in [0, 0.05) is 6.42 Å². The second-order valence-electron chi connectivity index (χ2n) is 6.03. The Labute approximate surface area is 156 Å². The topological polar surface area (TPSA) is 92.8 Å². The van der Waals surface area contributed by atoms with Crippen LogP contribution < -0.4 is 4.74 Å². The highest BCUT2D eigenvalue weighted by atomic mass is 32.1. The maximum Gasteiger partial charge on any atom is 0.200 e. The third-order valence-corrected chi connectivity index (χ3v) is 4.71. The summed E-state index contributed by atoms with van der Waals surface area (Å²) in [6.45, 7) is 6.85. The molecule has 3 aromatic heterocycles. The number of azo groups is 1. The minimum atomic E-state index is 0.571. The van der Waals surface area contributed by atoms with Gasteiger partial charge in [-0.2, -0.15) is 19.1 Å². The Morgan fingerprint density at radius 1 is 1.15 bits per heavy atom. The van der Waals surface area contributed by atoms with Gasteiger partial charge in [0.25, 0.3) is 0 Å². The van der Waals surface area contributed by atoms with Crippen molar-refractivity contribution in [2.45, 2.75) is 59.3 Å². The number of fused-ring (bicyclic) bond motifs is 1. The quantitative estimate of drug-likeness (QED) is 0.504. The van der Waals surface area contributed by atoms with E-state index in [9.17, 15) is 0 Å². The average molecular weight is 376 g/mol. The third-order valence-electron chi connectivity index (χ3n) is 4.05. The van der Waals surface area contributed by atoms with Crippen molar-refractivity contribution in [1.29, 1.82) is 0 Å². The van der Waals surface area contributed by atoms with Crippen LogP contribution in [0.3, 0.4) is 0 Å². The zero-order chi connectivity index (χ0) is 18.4. The number of nitrogens with zero attached hydrogens (tertiary/aromatic N) is 6. The molecule has 0 saturated heterocycles. The first-order valence-corrected chi connectivity index (χ1v) is 9.99. The van der Waals surface area contributed by atoms with Gasteiger partial charge >= 0.3 is 0 Å². The lowest BCUT2D eigenvalue weighted by atomic mass is 10.2. The average Bonchev–Trinajstić information content (AvgIpc) is 3.33. The summed E-state index contributed by atoms with van der Waals surface area (Å²) in [5.41, 5.74) is 2.50. The molecule has 0 saturated carbocycles. The van der Waals surface area contributed by atoms with E-state index in [-0.39, 0.29) is 0 Å². The normalized spacial score (nSPS) is 11.8. The van der Waals surface area contributed by atoms with Crippen molar-refractivity contribution in [2.24, 2.45) is 10.2 Å². The molecule has 0 amide bonds. The summed E-state index contributed by atoms with van der Waals surface area (Å²) in [5, 5.41) is 21.8. The molecule has 1 N–H and O–H groups in total. The zero-order valence-corrected chi connectivity index (χ0v) is 16.3. The van der Waals surface area contributed by atoms with E-state index in [1.165, 1.54) is 11.5 Å². The number of rotatable bonds is 10. The fourth-order valence-electron chi connectivity index (χ4n) is 2.66. The molecule has 0 aliphatic heterocycles. The summed E-state index contributed by atoms with van der Waals surface area (Å²) >= 11 is 1.27. The molecule has 3 aromatic rings. The zero-order valence-electron chi connectivity index (χ0n) is 15.5. The Hall–Kier alpha value is -2.29. The SMILES string of the molecule is CCCCc1nn2c(CCCC)n[nH]c2c1N=Nc1sncc1OCC. The molecule has 0 atom stereocenters. The van der Waals surface area contributed by atoms with Crippen LogP contribution >= 0.6 is 11.5 Å². The van der Waals surface area contributed by atoms with Crippen LogP contribution in [0.15, 0.2) is 16.4 Å². The van der Waals surface area contributed by atoms with E-state index in [2.05, 4.69) is 38.6 Å². The molecule has 0 unspecified atom stereocenters. The van der Waals surface area contributed by atoms with Crippen LogP contribution in [0, 0.1) is 0 Å². The molecular formula is C17H25N7OS. The standard InChI is InChI=1S/C17H25N7OS/c1-4-7-9-12-15(20-22-17-13(25-6-3)11-18-26-17)16-21-19-14(10-8-5-2)24(16)23-12/h11,21H,4-10H2,1-3H3. The van der Waals surface area contributed by atoms with Gasteiger partial charge in [0.2, 0.25) is 5.00 Å². The van der Waals surface area contributed by atoms with E-state index in [4.69, 9.17) is 9.84 Å². The highest BCUT2D eigenvalue weighted by Gasteiger charge is 2.17. The minimum Gasteiger partial charge on any atom is -0.489 e. The van der Waals surface area contributed by atoms with Gasteiger partial charge in [0.15, 0.2) is 22.9 Å². The van der Waals surface area contributed by atoms with Gasteiger partial charge in [-0.3, -0.25) is 5.10 Å². The van der Waals surface area contributed by atoms with Crippen LogP contribution in [0.25, 0.3) is 5.65 Å². The van der Waals surface area contributed by atoms with Crippen molar-refractivity contribution in [3.63, 3.8) is 0 Å². The van der Waals surface area contributed by atoms with Crippen molar-refractivity contribution in [2.75, 3.05) is 6.61 Å². The number of nitrogens with one attached hydrogen (secondary N) is 1. The number of aryl methyl sites for hydroxylation is 2. The van der Waals surface area contributed by atoms with Gasteiger partial charge < -0.3 is 4.74 Å². The van der Waals surface area contributed by atoms with Gasteiger partial charge in [0.05, 0.1) is 18.5 Å². The van der Waals surface area contributed by atoms with Crippen molar-refractivity contribution in [3.8, 4) is 5.75 Å². The maximum atomic E-state index is 5.53. The van der Waals surface area contributed by atoms with Crippen molar-refractivity contribution >= 4 is 27.9 Å². The van der Waals surface area contributed by atoms with Crippen LogP contribution in [-0.4, -0.2) is 30.8 Å². The van der Waals surface area contributed by atoms with Gasteiger partial charge in [-0.1, -0.05) is 26.7 Å². The van der Waals surface area contributed by atoms with Crippen LogP contribution in [0.1, 0.15) is 58.0 Å². The predicted octanol–water partition coefficient (Wildman–Crippen LogP) is 5.01. The van der Waals surface area contributed by atoms with Crippen LogP contribution in [0.4, 0.5) is 10.7 Å². The second kappa shape index (κ2) is 8.88. The van der Waals surface area contributed by atoms with Crippen LogP contribution in [-0.2, 0) is 12.8 Å². The summed E-state index contributed by atoms with van der Waals surface area (Å²) < 4.78 is 11.5. The summed E-state index contributed by atoms with van der Waals surface area (Å²) in [5.74, 6) is 1.60. The number of aromatic nitrogens is 5. The van der Waals surface area contributed by atoms with E-state index < -0.39 is 0 Å². The fourth-order valence-corrected chi connectivity index (χ4v) is 3.19. The van der Waals surface area contributed by atoms with Gasteiger partial charge in [-0.25, -0.2) is 0 Å². The van der Waals surface area contributed by atoms with Crippen LogP contribution in [0.2, 0.25) is 0 Å². The first kappa shape index (κ1) is 18.5. The molecule has 3 heterocycles. The van der Waals surface area contributed by atoms with Crippen molar-refractivity contribution in [1.82, 2.24) is 24.2 Å². The molecule has 0 aromatic carbocycles. The molecule has 140 valence electrons. The Balaban J connectivity index is 1.95. The Morgan fingerprint density at radius 2 is 1.96 bits per heavy atom. The van der Waals surface area contributed by atoms with Gasteiger partial charge in [-0.15, -0.1) is 10.2 Å². The predicted molar refractivity (Wildman–Crippen MR) is 102 cm³/mol. The summed E-state index contributed by atoms with van der Waals surface area (Å²) in [6, 6.07) is 0. The number of hydrogen-bond donors (Lipinski definition) is 1. The second-order valence-corrected chi connectivity index (χ2v) is 6.81. The lowest BCUT2D eigenvalue weighted by molar-refractivity contribution is 0.342. The highest BCUT2D eigenvalue weighted by Crippen LogP contribution is 2.35. The Bertz CT molecular complexity index is 864. The number of aromatic amines is 1. The van der Waals surface area contributed by atoms with E-state index in [1.807, 2.05) is 11.4 Å². The monoisotopic (exact) mass is 375 g/mol. The molecule has 0 aliphatic carbocycles. The van der Waals surface area contributed by atoms with Gasteiger partial charge in [-0.05, 0) is 37.7 Å². The maximum absolute atomic E-state index is 5.53. The largest absolute Gasteiger partial charge is 0.489 e. The summed E-state index contributed by atoms with van der Waals surface area (Å²) in [6.07, 6.45) is 7.81. The minimum absolute atomic E-state index is 0.571. The number of H-pyrrole nitrogens is 1. The Kier molecular flexibility index (Phi) is 6.32. The number of unbranched alkanes of at least 4 members (excludes halogenated alkanes) is 2. The molecule has 0 radical (unpaired) electrons. The molecule has 0 bridgehead atoms. The third kappa shape index (κ3) is 3.92. The molecule has 0 spiro atoms. The summed E-state index contributed by atoms with van der Waals surface area (Å²) in [4.78, 5) is 0. The Morgan fingerprint density at radius 3 is 2.73 bits per heavy atom. The first-order chi connectivity index (χ1) is 12.8. The van der Waals surface area contributed by atoms with E-state index in [0.717, 1.165) is 61.4 Å².